The Kier molecular flexibility index (Phi) is 4.42. The van der Waals surface area contributed by atoms with Crippen molar-refractivity contribution < 1.29 is 0 Å². The van der Waals surface area contributed by atoms with Gasteiger partial charge in [0.15, 0.2) is 0 Å². The number of rotatable bonds is 3. The van der Waals surface area contributed by atoms with Crippen LogP contribution in [-0.2, 0) is 0 Å². The maximum atomic E-state index is 6.15. The number of benzene rings is 1. The van der Waals surface area contributed by atoms with E-state index in [1.807, 2.05) is 13.0 Å². The van der Waals surface area contributed by atoms with Gasteiger partial charge in [-0.15, -0.1) is 0 Å². The minimum Gasteiger partial charge on any atom is -0.340 e. The molecule has 0 radical (unpaired) electrons. The number of aromatic nitrogens is 2. The molecule has 100 valence electrons. The van der Waals surface area contributed by atoms with Crippen LogP contribution in [0.15, 0.2) is 29.0 Å². The number of nitrogens with one attached hydrogen (secondary N) is 1. The van der Waals surface area contributed by atoms with E-state index in [2.05, 4.69) is 57.2 Å². The number of anilines is 2. The number of hydrogen-bond donors (Lipinski definition) is 1. The molecule has 1 N–H and O–H groups in total. The van der Waals surface area contributed by atoms with Gasteiger partial charge in [-0.25, -0.2) is 9.97 Å². The highest BCUT2D eigenvalue weighted by molar-refractivity contribution is 9.10. The molecule has 2 rings (SSSR count). The Labute approximate surface area is 126 Å². The highest BCUT2D eigenvalue weighted by atomic mass is 79.9. The van der Waals surface area contributed by atoms with Crippen molar-refractivity contribution in [2.75, 3.05) is 5.32 Å². The molecule has 0 saturated carbocycles. The molecule has 0 aliphatic heterocycles. The fraction of sp³-hybridized carbons (Fsp3) is 0.286. The van der Waals surface area contributed by atoms with Gasteiger partial charge in [-0.3, -0.25) is 0 Å². The summed E-state index contributed by atoms with van der Waals surface area (Å²) in [6, 6.07) is 6.12. The topological polar surface area (TPSA) is 37.8 Å². The molecule has 19 heavy (non-hydrogen) atoms. The van der Waals surface area contributed by atoms with E-state index in [1.54, 1.807) is 0 Å². The van der Waals surface area contributed by atoms with Gasteiger partial charge in [0.1, 0.15) is 17.3 Å². The third kappa shape index (κ3) is 3.45. The smallest absolute Gasteiger partial charge is 0.138 e. The van der Waals surface area contributed by atoms with E-state index >= 15 is 0 Å². The lowest BCUT2D eigenvalue weighted by molar-refractivity contribution is 0.850. The Bertz CT molecular complexity index is 579. The van der Waals surface area contributed by atoms with E-state index in [4.69, 9.17) is 11.6 Å². The molecular formula is C14H15BrClN3. The van der Waals surface area contributed by atoms with Crippen molar-refractivity contribution in [1.82, 2.24) is 9.97 Å². The highest BCUT2D eigenvalue weighted by Gasteiger charge is 2.13. The largest absolute Gasteiger partial charge is 0.340 e. The quantitative estimate of drug-likeness (QED) is 0.793. The summed E-state index contributed by atoms with van der Waals surface area (Å²) in [4.78, 5) is 8.34. The Morgan fingerprint density at radius 1 is 1.21 bits per heavy atom. The second-order valence-corrected chi connectivity index (χ2v) is 6.00. The van der Waals surface area contributed by atoms with Gasteiger partial charge in [0, 0.05) is 15.7 Å². The fourth-order valence-electron chi connectivity index (χ4n) is 1.93. The number of nitrogens with zero attached hydrogens (tertiary/aromatic N) is 2. The fourth-order valence-corrected chi connectivity index (χ4v) is 2.89. The number of hydrogen-bond acceptors (Lipinski definition) is 3. The summed E-state index contributed by atoms with van der Waals surface area (Å²) in [7, 11) is 0. The molecule has 0 bridgehead atoms. The molecule has 2 aromatic rings. The molecule has 0 fully saturated rings. The van der Waals surface area contributed by atoms with Crippen molar-refractivity contribution in [2.45, 2.75) is 26.7 Å². The van der Waals surface area contributed by atoms with Gasteiger partial charge in [-0.05, 0) is 36.6 Å². The van der Waals surface area contributed by atoms with Crippen LogP contribution in [0.1, 0.15) is 30.9 Å². The van der Waals surface area contributed by atoms with Crippen molar-refractivity contribution in [1.29, 1.82) is 0 Å². The minimum absolute atomic E-state index is 0.254. The first-order valence-electron chi connectivity index (χ1n) is 6.02. The van der Waals surface area contributed by atoms with Crippen LogP contribution >= 0.6 is 27.5 Å². The van der Waals surface area contributed by atoms with Gasteiger partial charge in [-0.1, -0.05) is 41.4 Å². The predicted octanol–water partition coefficient (Wildman–Crippen LogP) is 5.07. The molecule has 0 spiro atoms. The minimum atomic E-state index is 0.254. The predicted molar refractivity (Wildman–Crippen MR) is 83.3 cm³/mol. The van der Waals surface area contributed by atoms with E-state index < -0.39 is 0 Å². The van der Waals surface area contributed by atoms with E-state index in [0.29, 0.717) is 5.15 Å². The van der Waals surface area contributed by atoms with Crippen molar-refractivity contribution in [3.8, 4) is 0 Å². The zero-order valence-electron chi connectivity index (χ0n) is 11.0. The van der Waals surface area contributed by atoms with Gasteiger partial charge >= 0.3 is 0 Å². The Hall–Kier alpha value is -1.13. The molecule has 0 aliphatic carbocycles. The standard InChI is InChI=1S/C14H15BrClN3/c1-8(2)12-13(16)17-7-18-14(12)19-11-5-9(3)4-10(15)6-11/h4-8H,1-3H3,(H,17,18,19). The SMILES string of the molecule is Cc1cc(Br)cc(Nc2ncnc(Cl)c2C(C)C)c1. The summed E-state index contributed by atoms with van der Waals surface area (Å²) in [5, 5.41) is 3.81. The lowest BCUT2D eigenvalue weighted by atomic mass is 10.1. The normalized spacial score (nSPS) is 10.8. The monoisotopic (exact) mass is 339 g/mol. The van der Waals surface area contributed by atoms with Crippen LogP contribution in [0, 0.1) is 6.92 Å². The van der Waals surface area contributed by atoms with Crippen molar-refractivity contribution in [2.24, 2.45) is 0 Å². The number of halogens is 2. The van der Waals surface area contributed by atoms with Crippen molar-refractivity contribution >= 4 is 39.0 Å². The lowest BCUT2D eigenvalue weighted by Crippen LogP contribution is -2.03. The van der Waals surface area contributed by atoms with Gasteiger partial charge in [0.25, 0.3) is 0 Å². The van der Waals surface area contributed by atoms with E-state index in [1.165, 1.54) is 11.9 Å². The first kappa shape index (κ1) is 14.3. The van der Waals surface area contributed by atoms with Crippen molar-refractivity contribution in [3.63, 3.8) is 0 Å². The molecule has 5 heteroatoms. The van der Waals surface area contributed by atoms with Gasteiger partial charge in [-0.2, -0.15) is 0 Å². The van der Waals surface area contributed by atoms with E-state index in [-0.39, 0.29) is 5.92 Å². The van der Waals surface area contributed by atoms with Gasteiger partial charge < -0.3 is 5.32 Å². The molecule has 1 aromatic heterocycles. The molecule has 0 saturated heterocycles. The van der Waals surface area contributed by atoms with Crippen LogP contribution in [0.5, 0.6) is 0 Å². The first-order chi connectivity index (χ1) is 8.97. The van der Waals surface area contributed by atoms with Crippen LogP contribution < -0.4 is 5.32 Å². The summed E-state index contributed by atoms with van der Waals surface area (Å²) in [6.07, 6.45) is 1.47. The van der Waals surface area contributed by atoms with E-state index in [0.717, 1.165) is 21.5 Å². The van der Waals surface area contributed by atoms with Crippen LogP contribution in [0.4, 0.5) is 11.5 Å². The average molecular weight is 341 g/mol. The molecular weight excluding hydrogens is 326 g/mol. The summed E-state index contributed by atoms with van der Waals surface area (Å²) < 4.78 is 1.03. The number of aryl methyl sites for hydroxylation is 1. The Morgan fingerprint density at radius 3 is 2.58 bits per heavy atom. The zero-order valence-corrected chi connectivity index (χ0v) is 13.4. The first-order valence-corrected chi connectivity index (χ1v) is 7.19. The van der Waals surface area contributed by atoms with Crippen LogP contribution in [0.25, 0.3) is 0 Å². The summed E-state index contributed by atoms with van der Waals surface area (Å²) in [5.74, 6) is 1.01. The maximum Gasteiger partial charge on any atom is 0.138 e. The molecule has 1 heterocycles. The van der Waals surface area contributed by atoms with Crippen LogP contribution in [0.2, 0.25) is 5.15 Å². The van der Waals surface area contributed by atoms with Gasteiger partial charge in [0.05, 0.1) is 0 Å². The Morgan fingerprint density at radius 2 is 1.95 bits per heavy atom. The summed E-state index contributed by atoms with van der Waals surface area (Å²) in [6.45, 7) is 6.19. The third-order valence-corrected chi connectivity index (χ3v) is 3.48. The average Bonchev–Trinajstić information content (AvgIpc) is 2.26. The zero-order chi connectivity index (χ0) is 14.0. The molecule has 0 amide bonds. The molecule has 3 nitrogen and oxygen atoms in total. The van der Waals surface area contributed by atoms with Crippen molar-refractivity contribution in [3.05, 3.63) is 45.3 Å². The van der Waals surface area contributed by atoms with Gasteiger partial charge in [0.2, 0.25) is 0 Å². The molecule has 0 atom stereocenters. The second-order valence-electron chi connectivity index (χ2n) is 4.72. The van der Waals surface area contributed by atoms with E-state index in [9.17, 15) is 0 Å². The molecule has 0 unspecified atom stereocenters. The lowest BCUT2D eigenvalue weighted by Gasteiger charge is -2.14. The van der Waals surface area contributed by atoms with Crippen LogP contribution in [0.3, 0.4) is 0 Å². The molecule has 0 aliphatic rings. The molecule has 1 aromatic carbocycles. The van der Waals surface area contributed by atoms with Crippen LogP contribution in [-0.4, -0.2) is 9.97 Å². The maximum absolute atomic E-state index is 6.15. The summed E-state index contributed by atoms with van der Waals surface area (Å²) in [5.41, 5.74) is 3.08. The highest BCUT2D eigenvalue weighted by Crippen LogP contribution is 2.30. The summed E-state index contributed by atoms with van der Waals surface area (Å²) >= 11 is 9.64. The third-order valence-electron chi connectivity index (χ3n) is 2.72. The Balaban J connectivity index is 2.40. The second kappa shape index (κ2) is 5.88.